The maximum absolute atomic E-state index is 3.59. The topological polar surface area (TPSA) is 12.0 Å². The molecule has 0 saturated heterocycles. The van der Waals surface area contributed by atoms with Crippen molar-refractivity contribution in [1.82, 2.24) is 5.32 Å². The van der Waals surface area contributed by atoms with Crippen LogP contribution < -0.4 is 5.32 Å². The van der Waals surface area contributed by atoms with E-state index in [-0.39, 0.29) is 0 Å². The Kier molecular flexibility index (Phi) is 6.94. The highest BCUT2D eigenvalue weighted by atomic mass is 79.9. The summed E-state index contributed by atoms with van der Waals surface area (Å²) in [4.78, 5) is 1.47. The fourth-order valence-corrected chi connectivity index (χ4v) is 4.16. The summed E-state index contributed by atoms with van der Waals surface area (Å²) in [6.07, 6.45) is 3.50. The third-order valence-corrected chi connectivity index (χ3v) is 5.46. The number of thiophene rings is 1. The van der Waals surface area contributed by atoms with Gasteiger partial charge in [-0.15, -0.1) is 11.3 Å². The molecule has 0 spiro atoms. The first-order valence-electron chi connectivity index (χ1n) is 7.67. The van der Waals surface area contributed by atoms with Gasteiger partial charge in [-0.1, -0.05) is 31.2 Å². The van der Waals surface area contributed by atoms with Gasteiger partial charge in [0.05, 0.1) is 0 Å². The minimum atomic E-state index is 0.656. The number of halogens is 1. The first-order chi connectivity index (χ1) is 10.2. The Bertz CT molecular complexity index is 550. The number of hydrogen-bond donors (Lipinski definition) is 1. The van der Waals surface area contributed by atoms with E-state index in [9.17, 15) is 0 Å². The van der Waals surface area contributed by atoms with E-state index in [0.29, 0.717) is 5.92 Å². The summed E-state index contributed by atoms with van der Waals surface area (Å²) in [5, 5.41) is 5.78. The van der Waals surface area contributed by atoms with E-state index >= 15 is 0 Å². The van der Waals surface area contributed by atoms with Crippen LogP contribution in [0.1, 0.15) is 29.3 Å². The van der Waals surface area contributed by atoms with Crippen molar-refractivity contribution in [3.63, 3.8) is 0 Å². The molecule has 0 amide bonds. The monoisotopic (exact) mass is 365 g/mol. The van der Waals surface area contributed by atoms with Crippen LogP contribution in [0, 0.1) is 12.8 Å². The van der Waals surface area contributed by atoms with Crippen molar-refractivity contribution < 1.29 is 0 Å². The van der Waals surface area contributed by atoms with E-state index in [1.807, 2.05) is 11.3 Å². The van der Waals surface area contributed by atoms with Gasteiger partial charge >= 0.3 is 0 Å². The Hall–Kier alpha value is -0.640. The molecule has 0 aliphatic rings. The molecule has 1 unspecified atom stereocenters. The molecule has 1 atom stereocenters. The zero-order chi connectivity index (χ0) is 15.1. The molecule has 3 heteroatoms. The highest BCUT2D eigenvalue weighted by molar-refractivity contribution is 9.10. The van der Waals surface area contributed by atoms with Crippen LogP contribution in [0.2, 0.25) is 0 Å². The standard InChI is InChI=1S/C18H24BrNS/c1-3-8-20-12-15(10-18-11-17(19)13-21-18)9-16-7-5-4-6-14(16)2/h4-7,11,13,15,20H,3,8-10,12H2,1-2H3. The van der Waals surface area contributed by atoms with Gasteiger partial charge < -0.3 is 5.32 Å². The Balaban J connectivity index is 2.02. The summed E-state index contributed by atoms with van der Waals surface area (Å²) in [6, 6.07) is 11.0. The van der Waals surface area contributed by atoms with Crippen molar-refractivity contribution in [3.8, 4) is 0 Å². The molecule has 1 aromatic heterocycles. The summed E-state index contributed by atoms with van der Waals surface area (Å²) < 4.78 is 1.21. The molecular weight excluding hydrogens is 342 g/mol. The summed E-state index contributed by atoms with van der Waals surface area (Å²) in [5.74, 6) is 0.656. The number of hydrogen-bond acceptors (Lipinski definition) is 2. The summed E-state index contributed by atoms with van der Waals surface area (Å²) in [6.45, 7) is 6.64. The molecule has 1 nitrogen and oxygen atoms in total. The first kappa shape index (κ1) is 16.7. The average molecular weight is 366 g/mol. The molecule has 0 bridgehead atoms. The lowest BCUT2D eigenvalue weighted by Crippen LogP contribution is -2.26. The molecule has 2 rings (SSSR count). The van der Waals surface area contributed by atoms with Gasteiger partial charge in [0.15, 0.2) is 0 Å². The number of benzene rings is 1. The molecule has 0 fully saturated rings. The minimum absolute atomic E-state index is 0.656. The number of rotatable bonds is 8. The van der Waals surface area contributed by atoms with Crippen LogP contribution >= 0.6 is 27.3 Å². The maximum Gasteiger partial charge on any atom is 0.0285 e. The van der Waals surface area contributed by atoms with Gasteiger partial charge in [0.25, 0.3) is 0 Å². The Morgan fingerprint density at radius 1 is 1.24 bits per heavy atom. The van der Waals surface area contributed by atoms with Gasteiger partial charge in [-0.25, -0.2) is 0 Å². The highest BCUT2D eigenvalue weighted by Gasteiger charge is 2.13. The first-order valence-corrected chi connectivity index (χ1v) is 9.34. The molecule has 0 radical (unpaired) electrons. The highest BCUT2D eigenvalue weighted by Crippen LogP contribution is 2.24. The van der Waals surface area contributed by atoms with Crippen LogP contribution in [0.25, 0.3) is 0 Å². The molecule has 0 saturated carbocycles. The fraction of sp³-hybridized carbons (Fsp3) is 0.444. The molecule has 0 aliphatic heterocycles. The summed E-state index contributed by atoms with van der Waals surface area (Å²) in [5.41, 5.74) is 2.89. The Morgan fingerprint density at radius 3 is 2.71 bits per heavy atom. The van der Waals surface area contributed by atoms with Crippen LogP contribution in [-0.2, 0) is 12.8 Å². The van der Waals surface area contributed by atoms with Crippen molar-refractivity contribution >= 4 is 27.3 Å². The summed E-state index contributed by atoms with van der Waals surface area (Å²) in [7, 11) is 0. The van der Waals surface area contributed by atoms with E-state index in [0.717, 1.165) is 25.9 Å². The predicted octanol–water partition coefficient (Wildman–Crippen LogP) is 5.22. The van der Waals surface area contributed by atoms with E-state index in [1.54, 1.807) is 0 Å². The number of aryl methyl sites for hydroxylation is 1. The van der Waals surface area contributed by atoms with Crippen LogP contribution in [-0.4, -0.2) is 13.1 Å². The molecule has 1 aromatic carbocycles. The van der Waals surface area contributed by atoms with Gasteiger partial charge in [-0.3, -0.25) is 0 Å². The van der Waals surface area contributed by atoms with Crippen LogP contribution in [0.15, 0.2) is 40.2 Å². The lowest BCUT2D eigenvalue weighted by molar-refractivity contribution is 0.472. The normalized spacial score (nSPS) is 12.5. The van der Waals surface area contributed by atoms with E-state index in [1.165, 1.54) is 26.9 Å². The largest absolute Gasteiger partial charge is 0.316 e. The minimum Gasteiger partial charge on any atom is -0.316 e. The second-order valence-corrected chi connectivity index (χ2v) is 7.55. The second-order valence-electron chi connectivity index (χ2n) is 5.64. The summed E-state index contributed by atoms with van der Waals surface area (Å²) >= 11 is 5.42. The smallest absolute Gasteiger partial charge is 0.0285 e. The van der Waals surface area contributed by atoms with Crippen molar-refractivity contribution in [2.75, 3.05) is 13.1 Å². The van der Waals surface area contributed by atoms with Crippen molar-refractivity contribution in [2.45, 2.75) is 33.1 Å². The van der Waals surface area contributed by atoms with Crippen molar-refractivity contribution in [2.24, 2.45) is 5.92 Å². The van der Waals surface area contributed by atoms with Gasteiger partial charge in [0, 0.05) is 14.7 Å². The van der Waals surface area contributed by atoms with Crippen LogP contribution in [0.3, 0.4) is 0 Å². The van der Waals surface area contributed by atoms with Crippen LogP contribution in [0.4, 0.5) is 0 Å². The fourth-order valence-electron chi connectivity index (χ4n) is 2.59. The van der Waals surface area contributed by atoms with Gasteiger partial charge in [-0.05, 0) is 78.3 Å². The molecule has 21 heavy (non-hydrogen) atoms. The molecular formula is C18H24BrNS. The van der Waals surface area contributed by atoms with Crippen LogP contribution in [0.5, 0.6) is 0 Å². The zero-order valence-corrected chi connectivity index (χ0v) is 15.3. The SMILES string of the molecule is CCCNCC(Cc1cc(Br)cs1)Cc1ccccc1C. The molecule has 0 aliphatic carbocycles. The Morgan fingerprint density at radius 2 is 2.05 bits per heavy atom. The van der Waals surface area contributed by atoms with Crippen molar-refractivity contribution in [3.05, 3.63) is 56.2 Å². The van der Waals surface area contributed by atoms with E-state index in [4.69, 9.17) is 0 Å². The molecule has 1 N–H and O–H groups in total. The quantitative estimate of drug-likeness (QED) is 0.632. The third-order valence-electron chi connectivity index (χ3n) is 3.74. The number of nitrogens with one attached hydrogen (secondary N) is 1. The van der Waals surface area contributed by atoms with E-state index < -0.39 is 0 Å². The molecule has 2 aromatic rings. The predicted molar refractivity (Wildman–Crippen MR) is 97.3 cm³/mol. The molecule has 114 valence electrons. The van der Waals surface area contributed by atoms with Gasteiger partial charge in [-0.2, -0.15) is 0 Å². The third kappa shape index (κ3) is 5.57. The van der Waals surface area contributed by atoms with Crippen molar-refractivity contribution in [1.29, 1.82) is 0 Å². The van der Waals surface area contributed by atoms with E-state index in [2.05, 4.69) is 70.8 Å². The van der Waals surface area contributed by atoms with Gasteiger partial charge in [0.1, 0.15) is 0 Å². The Labute approximate surface area is 140 Å². The maximum atomic E-state index is 3.59. The zero-order valence-electron chi connectivity index (χ0n) is 12.9. The lowest BCUT2D eigenvalue weighted by Gasteiger charge is -2.18. The van der Waals surface area contributed by atoms with Gasteiger partial charge in [0.2, 0.25) is 0 Å². The average Bonchev–Trinajstić information content (AvgIpc) is 2.87. The molecule has 1 heterocycles. The lowest BCUT2D eigenvalue weighted by atomic mass is 9.93. The second kappa shape index (κ2) is 8.72.